The standard InChI is InChI=1S/2C15H30O2S.2C4H10.Sn/c2*1-2-3-4-5-6-7-8-9-10-11-13-17-15(16)12-14-18;2*1-3-4-2;/h2*18H,2-14H2,1H3;2*3-4H2,1-2H3;. The minimum absolute atomic E-state index is 0. The summed E-state index contributed by atoms with van der Waals surface area (Å²) in [5, 5.41) is 0. The van der Waals surface area contributed by atoms with Crippen molar-refractivity contribution in [3.8, 4) is 0 Å². The zero-order valence-electron chi connectivity index (χ0n) is 31.2. The van der Waals surface area contributed by atoms with E-state index < -0.39 is 0 Å². The van der Waals surface area contributed by atoms with Gasteiger partial charge in [-0.25, -0.2) is 0 Å². The molecule has 0 fully saturated rings. The summed E-state index contributed by atoms with van der Waals surface area (Å²) in [4.78, 5) is 22.1. The van der Waals surface area contributed by atoms with E-state index in [4.69, 9.17) is 9.47 Å². The van der Waals surface area contributed by atoms with Gasteiger partial charge in [0.05, 0.1) is 26.1 Å². The Hall–Kier alpha value is 0.439. The first-order valence-corrected chi connectivity index (χ1v) is 20.2. The number of rotatable bonds is 28. The van der Waals surface area contributed by atoms with Crippen LogP contribution in [0.15, 0.2) is 0 Å². The maximum absolute atomic E-state index is 11.0. The fraction of sp³-hybridized carbons (Fsp3) is 0.947. The van der Waals surface area contributed by atoms with E-state index in [1.54, 1.807) is 0 Å². The molecule has 0 amide bonds. The van der Waals surface area contributed by atoms with Gasteiger partial charge < -0.3 is 9.47 Å². The van der Waals surface area contributed by atoms with Gasteiger partial charge in [0.2, 0.25) is 0 Å². The Morgan fingerprint density at radius 2 is 0.600 bits per heavy atom. The van der Waals surface area contributed by atoms with E-state index in [1.807, 2.05) is 0 Å². The van der Waals surface area contributed by atoms with E-state index in [2.05, 4.69) is 66.8 Å². The van der Waals surface area contributed by atoms with Crippen LogP contribution in [0.4, 0.5) is 0 Å². The van der Waals surface area contributed by atoms with Crippen LogP contribution in [-0.2, 0) is 19.1 Å². The van der Waals surface area contributed by atoms with Crippen LogP contribution in [0.2, 0.25) is 0 Å². The van der Waals surface area contributed by atoms with Gasteiger partial charge in [0, 0.05) is 35.4 Å². The summed E-state index contributed by atoms with van der Waals surface area (Å²) in [6, 6.07) is 0. The maximum Gasteiger partial charge on any atom is 0.306 e. The molecule has 45 heavy (non-hydrogen) atoms. The van der Waals surface area contributed by atoms with E-state index in [9.17, 15) is 9.59 Å². The van der Waals surface area contributed by atoms with E-state index in [-0.39, 0.29) is 35.8 Å². The summed E-state index contributed by atoms with van der Waals surface area (Å²) in [6.45, 7) is 14.4. The summed E-state index contributed by atoms with van der Waals surface area (Å²) in [5.74, 6) is 0.940. The normalized spacial score (nSPS) is 9.78. The van der Waals surface area contributed by atoms with Crippen LogP contribution in [-0.4, -0.2) is 60.6 Å². The molecule has 0 aliphatic heterocycles. The fourth-order valence-electron chi connectivity index (χ4n) is 3.88. The minimum Gasteiger partial charge on any atom is -0.466 e. The number of carbonyl (C=O) groups excluding carboxylic acids is 2. The molecule has 0 unspecified atom stereocenters. The van der Waals surface area contributed by atoms with Gasteiger partial charge in [0.25, 0.3) is 0 Å². The van der Waals surface area contributed by atoms with Crippen molar-refractivity contribution < 1.29 is 19.1 Å². The Morgan fingerprint density at radius 1 is 0.378 bits per heavy atom. The van der Waals surface area contributed by atoms with E-state index in [1.165, 1.54) is 141 Å². The summed E-state index contributed by atoms with van der Waals surface area (Å²) in [7, 11) is 0. The first-order valence-electron chi connectivity index (χ1n) is 19.0. The van der Waals surface area contributed by atoms with Crippen molar-refractivity contribution in [3.05, 3.63) is 0 Å². The van der Waals surface area contributed by atoms with Crippen LogP contribution < -0.4 is 0 Å². The second-order valence-corrected chi connectivity index (χ2v) is 12.6. The number of thiol groups is 2. The molecule has 0 spiro atoms. The van der Waals surface area contributed by atoms with Gasteiger partial charge >= 0.3 is 11.9 Å². The summed E-state index contributed by atoms with van der Waals surface area (Å²) >= 11 is 7.98. The van der Waals surface area contributed by atoms with Crippen LogP contribution in [0.25, 0.3) is 0 Å². The Morgan fingerprint density at radius 3 is 0.800 bits per heavy atom. The quantitative estimate of drug-likeness (QED) is 0.0359. The van der Waals surface area contributed by atoms with Gasteiger partial charge in [-0.15, -0.1) is 0 Å². The predicted molar refractivity (Wildman–Crippen MR) is 209 cm³/mol. The fourth-order valence-corrected chi connectivity index (χ4v) is 4.24. The SMILES string of the molecule is CCCC.CCCC.CCCCCCCCCCCCOC(=O)CCS.CCCCCCCCCCCCOC(=O)CCS.[Sn]. The van der Waals surface area contributed by atoms with Crippen molar-refractivity contribution >= 4 is 61.1 Å². The van der Waals surface area contributed by atoms with Gasteiger partial charge in [0.1, 0.15) is 0 Å². The van der Waals surface area contributed by atoms with E-state index >= 15 is 0 Å². The number of ether oxygens (including phenoxy) is 2. The van der Waals surface area contributed by atoms with Gasteiger partial charge in [-0.1, -0.05) is 183 Å². The third kappa shape index (κ3) is 67.5. The molecule has 4 radical (unpaired) electrons. The molecule has 7 heteroatoms. The molecular weight excluding hydrogens is 703 g/mol. The van der Waals surface area contributed by atoms with Gasteiger partial charge in [-0.2, -0.15) is 25.3 Å². The summed E-state index contributed by atoms with van der Waals surface area (Å²) in [5.41, 5.74) is 0. The number of hydrogen-bond acceptors (Lipinski definition) is 6. The molecule has 0 aromatic heterocycles. The first-order chi connectivity index (χ1) is 21.4. The molecule has 0 heterocycles. The van der Waals surface area contributed by atoms with Crippen molar-refractivity contribution in [1.29, 1.82) is 0 Å². The van der Waals surface area contributed by atoms with Crippen LogP contribution in [0.5, 0.6) is 0 Å². The third-order valence-electron chi connectivity index (χ3n) is 7.15. The van der Waals surface area contributed by atoms with Crippen LogP contribution in [0, 0.1) is 0 Å². The Labute approximate surface area is 311 Å². The largest absolute Gasteiger partial charge is 0.466 e. The monoisotopic (exact) mass is 784 g/mol. The smallest absolute Gasteiger partial charge is 0.306 e. The average Bonchev–Trinajstić information content (AvgIpc) is 3.03. The molecular formula is C38H80O4S2Sn. The second-order valence-electron chi connectivity index (χ2n) is 11.8. The van der Waals surface area contributed by atoms with E-state index in [0.717, 1.165) is 12.8 Å². The molecule has 0 rings (SSSR count). The van der Waals surface area contributed by atoms with Crippen LogP contribution >= 0.6 is 25.3 Å². The topological polar surface area (TPSA) is 52.6 Å². The number of hydrogen-bond donors (Lipinski definition) is 2. The van der Waals surface area contributed by atoms with E-state index in [0.29, 0.717) is 37.6 Å². The molecule has 0 aliphatic rings. The molecule has 0 saturated carbocycles. The molecule has 272 valence electrons. The van der Waals surface area contributed by atoms with Gasteiger partial charge in [0.15, 0.2) is 0 Å². The summed E-state index contributed by atoms with van der Waals surface area (Å²) in [6.07, 6.45) is 32.3. The molecule has 0 atom stereocenters. The second kappa shape index (κ2) is 56.8. The van der Waals surface area contributed by atoms with Crippen LogP contribution in [0.1, 0.15) is 208 Å². The molecule has 0 aromatic rings. The van der Waals surface area contributed by atoms with Crippen molar-refractivity contribution in [3.63, 3.8) is 0 Å². The van der Waals surface area contributed by atoms with Crippen molar-refractivity contribution in [2.24, 2.45) is 0 Å². The Bertz CT molecular complexity index is 462. The van der Waals surface area contributed by atoms with Gasteiger partial charge in [-0.3, -0.25) is 9.59 Å². The maximum atomic E-state index is 11.0. The molecule has 0 aliphatic carbocycles. The molecule has 0 N–H and O–H groups in total. The molecule has 0 saturated heterocycles. The predicted octanol–water partition coefficient (Wildman–Crippen LogP) is 12.8. The Kier molecular flexibility index (Phi) is 69.2. The minimum atomic E-state index is -0.110. The molecule has 4 nitrogen and oxygen atoms in total. The number of unbranched alkanes of at least 4 members (excludes halogenated alkanes) is 20. The average molecular weight is 784 g/mol. The Balaban J connectivity index is -0.000000187. The zero-order valence-corrected chi connectivity index (χ0v) is 35.9. The number of carbonyl (C=O) groups is 2. The molecule has 0 bridgehead atoms. The molecule has 0 aromatic carbocycles. The van der Waals surface area contributed by atoms with Crippen LogP contribution in [0.3, 0.4) is 0 Å². The summed E-state index contributed by atoms with van der Waals surface area (Å²) < 4.78 is 10.1. The first kappa shape index (κ1) is 54.9. The van der Waals surface area contributed by atoms with Crippen molar-refractivity contribution in [1.82, 2.24) is 0 Å². The van der Waals surface area contributed by atoms with Crippen molar-refractivity contribution in [2.75, 3.05) is 24.7 Å². The third-order valence-corrected chi connectivity index (χ3v) is 7.60. The van der Waals surface area contributed by atoms with Gasteiger partial charge in [-0.05, 0) is 12.8 Å². The zero-order chi connectivity index (χ0) is 33.8. The number of esters is 2. The van der Waals surface area contributed by atoms with Crippen molar-refractivity contribution in [2.45, 2.75) is 208 Å².